The summed E-state index contributed by atoms with van der Waals surface area (Å²) in [5, 5.41) is 35.0. The molecule has 1 heterocycles. The zero-order valence-electron chi connectivity index (χ0n) is 37.4. The van der Waals surface area contributed by atoms with Crippen LogP contribution in [0.15, 0.2) is 0 Å². The Morgan fingerprint density at radius 2 is 1.05 bits per heavy atom. The third-order valence-electron chi connectivity index (χ3n) is 15.8. The maximum Gasteiger partial charge on any atom is 0.312 e. The smallest absolute Gasteiger partial charge is 0.312 e. The van der Waals surface area contributed by atoms with Crippen molar-refractivity contribution >= 4 is 29.8 Å². The SMILES string of the molecule is C.C.C.C.C.C.CCC(C)(CC(C)(CC(C)(C)C(=O)OC1(C)CC(=O)OC1(C)C)C(=O)OC12CC3CC(O)(CC(O)(C3)C1)C2)C(=O)OC12CC3CC(O)(C1)CC(C(=O)OC(C)(C)C)(C3)C2. The molecule has 9 unspecified atom stereocenters. The molecule has 65 heavy (non-hydrogen) atoms. The Labute approximate surface area is 393 Å². The second-order valence-electron chi connectivity index (χ2n) is 24.1. The minimum absolute atomic E-state index is 0. The quantitative estimate of drug-likeness (QED) is 0.124. The summed E-state index contributed by atoms with van der Waals surface area (Å²) in [6.07, 6.45) is 4.28. The highest BCUT2D eigenvalue weighted by Crippen LogP contribution is 2.66. The number of carbonyl (C=O) groups is 5. The molecule has 1 saturated heterocycles. The highest BCUT2D eigenvalue weighted by molar-refractivity contribution is 5.84. The monoisotopic (exact) mass is 927 g/mol. The number of hydrogen-bond acceptors (Lipinski definition) is 13. The molecule has 3 N–H and O–H groups in total. The van der Waals surface area contributed by atoms with Gasteiger partial charge in [-0.1, -0.05) is 51.5 Å². The summed E-state index contributed by atoms with van der Waals surface area (Å²) in [5.74, 6) is -2.83. The lowest BCUT2D eigenvalue weighted by Gasteiger charge is -2.63. The molecule has 0 aromatic rings. The number of aliphatic hydroxyl groups is 3. The summed E-state index contributed by atoms with van der Waals surface area (Å²) >= 11 is 0. The third-order valence-corrected chi connectivity index (χ3v) is 15.8. The molecule has 9 rings (SSSR count). The summed E-state index contributed by atoms with van der Waals surface area (Å²) < 4.78 is 30.7. The van der Waals surface area contributed by atoms with E-state index in [0.29, 0.717) is 38.5 Å². The maximum atomic E-state index is 15.1. The highest BCUT2D eigenvalue weighted by Gasteiger charge is 2.69. The molecule has 8 bridgehead atoms. The normalized spacial score (nSPS) is 38.5. The lowest BCUT2D eigenvalue weighted by Crippen LogP contribution is -2.67. The molecule has 13 heteroatoms. The van der Waals surface area contributed by atoms with Crippen LogP contribution in [0.2, 0.25) is 0 Å². The van der Waals surface area contributed by atoms with Gasteiger partial charge in [0.25, 0.3) is 0 Å². The van der Waals surface area contributed by atoms with Crippen LogP contribution in [0.1, 0.15) is 223 Å². The van der Waals surface area contributed by atoms with Crippen LogP contribution < -0.4 is 0 Å². The van der Waals surface area contributed by atoms with Crippen LogP contribution in [0.5, 0.6) is 0 Å². The Balaban J connectivity index is 0.00000352. The van der Waals surface area contributed by atoms with E-state index < -0.39 is 90.3 Å². The zero-order valence-corrected chi connectivity index (χ0v) is 37.4. The number of hydrogen-bond donors (Lipinski definition) is 3. The Hall–Kier alpha value is -2.77. The van der Waals surface area contributed by atoms with Crippen molar-refractivity contribution < 1.29 is 63.0 Å². The number of rotatable bonds is 12. The molecule has 0 aromatic heterocycles. The van der Waals surface area contributed by atoms with Gasteiger partial charge >= 0.3 is 29.8 Å². The second-order valence-corrected chi connectivity index (χ2v) is 24.1. The largest absolute Gasteiger partial charge is 0.460 e. The van der Waals surface area contributed by atoms with Gasteiger partial charge in [0, 0.05) is 32.1 Å². The number of cyclic esters (lactones) is 1. The molecule has 8 saturated carbocycles. The first-order valence-corrected chi connectivity index (χ1v) is 22.0. The fourth-order valence-corrected chi connectivity index (χ4v) is 13.9. The van der Waals surface area contributed by atoms with Crippen LogP contribution in [0.3, 0.4) is 0 Å². The zero-order chi connectivity index (χ0) is 43.9. The van der Waals surface area contributed by atoms with Crippen LogP contribution in [-0.4, -0.2) is 90.0 Å². The van der Waals surface area contributed by atoms with E-state index in [2.05, 4.69) is 0 Å². The minimum Gasteiger partial charge on any atom is -0.460 e. The van der Waals surface area contributed by atoms with Crippen molar-refractivity contribution in [2.45, 2.75) is 268 Å². The van der Waals surface area contributed by atoms with Crippen molar-refractivity contribution in [3.63, 3.8) is 0 Å². The van der Waals surface area contributed by atoms with Gasteiger partial charge in [0.05, 0.1) is 44.9 Å². The van der Waals surface area contributed by atoms with Crippen molar-refractivity contribution in [1.29, 1.82) is 0 Å². The molecule has 0 spiro atoms. The van der Waals surface area contributed by atoms with Gasteiger partial charge in [-0.05, 0) is 145 Å². The molecule has 8 aliphatic carbocycles. The fraction of sp³-hybridized carbons (Fsp3) is 0.904. The first kappa shape index (κ1) is 60.2. The maximum absolute atomic E-state index is 15.1. The molecule has 9 fully saturated rings. The van der Waals surface area contributed by atoms with Crippen LogP contribution in [0, 0.1) is 33.5 Å². The van der Waals surface area contributed by atoms with Crippen molar-refractivity contribution in [2.24, 2.45) is 33.5 Å². The molecular formula is C52H94O13. The Bertz CT molecular complexity index is 1800. The van der Waals surface area contributed by atoms with Gasteiger partial charge < -0.3 is 39.0 Å². The molecule has 9 aliphatic rings. The average Bonchev–Trinajstić information content (AvgIpc) is 3.20. The first-order valence-electron chi connectivity index (χ1n) is 22.0. The summed E-state index contributed by atoms with van der Waals surface area (Å²) in [5.41, 5.74) is -14.1. The van der Waals surface area contributed by atoms with E-state index in [0.717, 1.165) is 0 Å². The van der Waals surface area contributed by atoms with Gasteiger partial charge in [-0.3, -0.25) is 24.0 Å². The van der Waals surface area contributed by atoms with Crippen molar-refractivity contribution in [2.75, 3.05) is 0 Å². The molecule has 0 aromatic carbocycles. The van der Waals surface area contributed by atoms with Crippen LogP contribution in [0.25, 0.3) is 0 Å². The molecule has 0 amide bonds. The number of ether oxygens (including phenoxy) is 5. The lowest BCUT2D eigenvalue weighted by molar-refractivity contribution is -0.265. The summed E-state index contributed by atoms with van der Waals surface area (Å²) in [6, 6.07) is 0. The average molecular weight is 927 g/mol. The standard InChI is InChI=1S/C46H70O13.6CH4/c1-12-38(9,32(49)58-45-17-28-13-41(23-45,22-42(52,14-28)25-45)34(51)56-35(2,3)4)21-39(10,20-36(5,6)31(48)57-40(11)19-30(47)55-37(40,7)8)33(50)59-46-18-29-15-43(53,26-46)24-44(54,16-29)27-46;;;;;;/h28-29,52-54H,12-27H2,1-11H3;6*1H4. The van der Waals surface area contributed by atoms with Crippen LogP contribution in [0.4, 0.5) is 0 Å². The summed E-state index contributed by atoms with van der Waals surface area (Å²) in [4.78, 5) is 70.4. The molecule has 0 radical (unpaired) electrons. The Morgan fingerprint density at radius 1 is 0.600 bits per heavy atom. The van der Waals surface area contributed by atoms with Gasteiger partial charge in [-0.15, -0.1) is 0 Å². The van der Waals surface area contributed by atoms with Crippen molar-refractivity contribution in [3.05, 3.63) is 0 Å². The third kappa shape index (κ3) is 10.8. The predicted molar refractivity (Wildman–Crippen MR) is 252 cm³/mol. The van der Waals surface area contributed by atoms with Crippen LogP contribution in [-0.2, 0) is 47.7 Å². The first-order chi connectivity index (χ1) is 26.7. The Morgan fingerprint density at radius 3 is 1.46 bits per heavy atom. The minimum atomic E-state index is -1.52. The molecule has 13 nitrogen and oxygen atoms in total. The van der Waals surface area contributed by atoms with Crippen molar-refractivity contribution in [1.82, 2.24) is 0 Å². The van der Waals surface area contributed by atoms with E-state index in [4.69, 9.17) is 23.7 Å². The molecule has 1 aliphatic heterocycles. The van der Waals surface area contributed by atoms with Gasteiger partial charge in [0.15, 0.2) is 5.60 Å². The van der Waals surface area contributed by atoms with Gasteiger partial charge in [0.1, 0.15) is 22.4 Å². The predicted octanol–water partition coefficient (Wildman–Crippen LogP) is 10.1. The van der Waals surface area contributed by atoms with Crippen molar-refractivity contribution in [3.8, 4) is 0 Å². The van der Waals surface area contributed by atoms with Gasteiger partial charge in [-0.25, -0.2) is 0 Å². The van der Waals surface area contributed by atoms with Crippen LogP contribution >= 0.6 is 0 Å². The Kier molecular flexibility index (Phi) is 16.6. The van der Waals surface area contributed by atoms with E-state index in [1.54, 1.807) is 48.5 Å². The summed E-state index contributed by atoms with van der Waals surface area (Å²) in [6.45, 7) is 19.0. The van der Waals surface area contributed by atoms with E-state index in [1.165, 1.54) is 0 Å². The molecule has 380 valence electrons. The second kappa shape index (κ2) is 18.0. The fourth-order valence-electron chi connectivity index (χ4n) is 13.9. The number of esters is 5. The number of carbonyl (C=O) groups excluding carboxylic acids is 5. The topological polar surface area (TPSA) is 192 Å². The molecular weight excluding hydrogens is 833 g/mol. The van der Waals surface area contributed by atoms with E-state index in [1.807, 2.05) is 27.7 Å². The van der Waals surface area contributed by atoms with Gasteiger partial charge in [-0.2, -0.15) is 0 Å². The van der Waals surface area contributed by atoms with E-state index in [9.17, 15) is 34.5 Å². The van der Waals surface area contributed by atoms with Gasteiger partial charge in [0.2, 0.25) is 0 Å². The highest BCUT2D eigenvalue weighted by atomic mass is 16.6. The van der Waals surface area contributed by atoms with E-state index in [-0.39, 0.29) is 127 Å². The summed E-state index contributed by atoms with van der Waals surface area (Å²) in [7, 11) is 0. The van der Waals surface area contributed by atoms with E-state index >= 15 is 4.79 Å². The molecule has 9 atom stereocenters. The lowest BCUT2D eigenvalue weighted by atomic mass is 9.46.